The molecule has 0 unspecified atom stereocenters. The molecule has 0 aliphatic heterocycles. The quantitative estimate of drug-likeness (QED) is 0.616. The van der Waals surface area contributed by atoms with E-state index < -0.39 is 0 Å². The summed E-state index contributed by atoms with van der Waals surface area (Å²) < 4.78 is 2.16. The molecule has 0 bridgehead atoms. The molecule has 0 N–H and O–H groups in total. The van der Waals surface area contributed by atoms with Crippen LogP contribution >= 0.6 is 22.5 Å². The van der Waals surface area contributed by atoms with E-state index in [1.54, 1.807) is 0 Å². The zero-order chi connectivity index (χ0) is 10.9. The van der Waals surface area contributed by atoms with Gasteiger partial charge in [-0.3, -0.25) is 0 Å². The van der Waals surface area contributed by atoms with Gasteiger partial charge < -0.3 is 4.57 Å². The minimum Gasteiger partial charge on any atom is -0.323 e. The SMILES string of the molecule is CC(C)n1cc(C(C)(C)C)nc1SS. The Hall–Kier alpha value is -0.0900. The zero-order valence-corrected chi connectivity index (χ0v) is 11.1. The highest BCUT2D eigenvalue weighted by Crippen LogP contribution is 2.29. The number of hydrogen-bond donors (Lipinski definition) is 1. The maximum absolute atomic E-state index is 4.57. The highest BCUT2D eigenvalue weighted by Gasteiger charge is 2.20. The van der Waals surface area contributed by atoms with Crippen LogP contribution in [0.4, 0.5) is 0 Å². The van der Waals surface area contributed by atoms with Crippen molar-refractivity contribution in [1.82, 2.24) is 9.55 Å². The molecule has 0 aliphatic carbocycles. The Morgan fingerprint density at radius 3 is 2.29 bits per heavy atom. The second kappa shape index (κ2) is 4.19. The lowest BCUT2D eigenvalue weighted by Gasteiger charge is -2.14. The van der Waals surface area contributed by atoms with Gasteiger partial charge in [0.05, 0.1) is 5.69 Å². The Balaban J connectivity index is 3.13. The normalized spacial score (nSPS) is 12.5. The van der Waals surface area contributed by atoms with Crippen molar-refractivity contribution >= 4 is 22.5 Å². The first-order valence-electron chi connectivity index (χ1n) is 4.77. The smallest absolute Gasteiger partial charge is 0.179 e. The lowest BCUT2D eigenvalue weighted by Crippen LogP contribution is -2.11. The highest BCUT2D eigenvalue weighted by molar-refractivity contribution is 8.68. The molecule has 0 saturated heterocycles. The number of nitrogens with zero attached hydrogens (tertiary/aromatic N) is 2. The van der Waals surface area contributed by atoms with Crippen LogP contribution in [0.3, 0.4) is 0 Å². The van der Waals surface area contributed by atoms with Gasteiger partial charge in [-0.1, -0.05) is 20.8 Å². The van der Waals surface area contributed by atoms with Crippen LogP contribution in [-0.2, 0) is 5.41 Å². The van der Waals surface area contributed by atoms with Gasteiger partial charge >= 0.3 is 0 Å². The van der Waals surface area contributed by atoms with Crippen LogP contribution < -0.4 is 0 Å². The summed E-state index contributed by atoms with van der Waals surface area (Å²) in [5.74, 6) is 0. The van der Waals surface area contributed by atoms with Gasteiger partial charge in [-0.05, 0) is 24.6 Å². The van der Waals surface area contributed by atoms with Gasteiger partial charge in [-0.25, -0.2) is 4.98 Å². The highest BCUT2D eigenvalue weighted by atomic mass is 33.1. The third-order valence-corrected chi connectivity index (χ3v) is 3.06. The van der Waals surface area contributed by atoms with E-state index in [0.717, 1.165) is 10.9 Å². The average Bonchev–Trinajstić information content (AvgIpc) is 2.45. The monoisotopic (exact) mass is 230 g/mol. The second-order valence-corrected chi connectivity index (χ2v) is 5.85. The average molecular weight is 230 g/mol. The minimum atomic E-state index is 0.110. The third-order valence-electron chi connectivity index (χ3n) is 2.10. The Labute approximate surface area is 95.3 Å². The van der Waals surface area contributed by atoms with Crippen molar-refractivity contribution in [1.29, 1.82) is 0 Å². The molecule has 1 aromatic rings. The molecule has 4 heteroatoms. The summed E-state index contributed by atoms with van der Waals surface area (Å²) in [6, 6.07) is 0.438. The Morgan fingerprint density at radius 2 is 2.00 bits per heavy atom. The molecule has 0 saturated carbocycles. The van der Waals surface area contributed by atoms with Gasteiger partial charge in [-0.2, -0.15) is 0 Å². The predicted octanol–water partition coefficient (Wildman–Crippen LogP) is 3.70. The molecule has 0 spiro atoms. The Kier molecular flexibility index (Phi) is 3.58. The lowest BCUT2D eigenvalue weighted by atomic mass is 9.93. The predicted molar refractivity (Wildman–Crippen MR) is 66.2 cm³/mol. The molecule has 0 fully saturated rings. The number of rotatable bonds is 2. The Morgan fingerprint density at radius 1 is 1.43 bits per heavy atom. The molecule has 0 aliphatic rings. The summed E-state index contributed by atoms with van der Waals surface area (Å²) in [6.07, 6.45) is 2.13. The largest absolute Gasteiger partial charge is 0.323 e. The lowest BCUT2D eigenvalue weighted by molar-refractivity contribution is 0.549. The van der Waals surface area contributed by atoms with E-state index >= 15 is 0 Å². The second-order valence-electron chi connectivity index (χ2n) is 4.75. The summed E-state index contributed by atoms with van der Waals surface area (Å²) >= 11 is 4.22. The fraction of sp³-hybridized carbons (Fsp3) is 0.700. The van der Waals surface area contributed by atoms with E-state index in [-0.39, 0.29) is 5.41 Å². The molecule has 0 aromatic carbocycles. The number of hydrogen-bond acceptors (Lipinski definition) is 3. The van der Waals surface area contributed by atoms with Gasteiger partial charge in [-0.15, -0.1) is 11.7 Å². The van der Waals surface area contributed by atoms with Crippen molar-refractivity contribution in [2.75, 3.05) is 0 Å². The molecular weight excluding hydrogens is 212 g/mol. The van der Waals surface area contributed by atoms with Gasteiger partial charge in [0, 0.05) is 17.7 Å². The van der Waals surface area contributed by atoms with Crippen LogP contribution in [0.5, 0.6) is 0 Å². The molecule has 0 amide bonds. The molecule has 14 heavy (non-hydrogen) atoms. The van der Waals surface area contributed by atoms with Crippen LogP contribution in [0.1, 0.15) is 46.4 Å². The van der Waals surface area contributed by atoms with Crippen molar-refractivity contribution in [3.05, 3.63) is 11.9 Å². The first-order valence-corrected chi connectivity index (χ1v) is 6.64. The van der Waals surface area contributed by atoms with Crippen molar-refractivity contribution < 1.29 is 0 Å². The number of aromatic nitrogens is 2. The minimum absolute atomic E-state index is 0.110. The fourth-order valence-electron chi connectivity index (χ4n) is 1.18. The molecule has 1 rings (SSSR count). The van der Waals surface area contributed by atoms with E-state index in [1.165, 1.54) is 10.8 Å². The van der Waals surface area contributed by atoms with Crippen molar-refractivity contribution in [3.8, 4) is 0 Å². The van der Waals surface area contributed by atoms with Gasteiger partial charge in [0.1, 0.15) is 0 Å². The summed E-state index contributed by atoms with van der Waals surface area (Å²) in [5, 5.41) is 0.980. The first kappa shape index (κ1) is 12.0. The fourth-order valence-corrected chi connectivity index (χ4v) is 2.08. The van der Waals surface area contributed by atoms with E-state index in [9.17, 15) is 0 Å². The van der Waals surface area contributed by atoms with Gasteiger partial charge in [0.2, 0.25) is 0 Å². The van der Waals surface area contributed by atoms with Crippen LogP contribution in [0.2, 0.25) is 0 Å². The van der Waals surface area contributed by atoms with Crippen molar-refractivity contribution in [2.45, 2.75) is 51.2 Å². The summed E-state index contributed by atoms with van der Waals surface area (Å²) in [7, 11) is 1.41. The molecule has 0 atom stereocenters. The van der Waals surface area contributed by atoms with Crippen LogP contribution in [0, 0.1) is 0 Å². The van der Waals surface area contributed by atoms with Crippen molar-refractivity contribution in [3.63, 3.8) is 0 Å². The van der Waals surface area contributed by atoms with E-state index in [2.05, 4.69) is 62.0 Å². The molecule has 2 nitrogen and oxygen atoms in total. The maximum Gasteiger partial charge on any atom is 0.179 e. The van der Waals surface area contributed by atoms with E-state index in [1.807, 2.05) is 0 Å². The van der Waals surface area contributed by atoms with Crippen LogP contribution in [0.25, 0.3) is 0 Å². The number of imidazole rings is 1. The van der Waals surface area contributed by atoms with Crippen molar-refractivity contribution in [2.24, 2.45) is 0 Å². The van der Waals surface area contributed by atoms with Crippen LogP contribution in [0.15, 0.2) is 11.4 Å². The molecule has 1 heterocycles. The van der Waals surface area contributed by atoms with Gasteiger partial charge in [0.25, 0.3) is 0 Å². The summed E-state index contributed by atoms with van der Waals surface area (Å²) in [5.41, 5.74) is 1.24. The first-order chi connectivity index (χ1) is 6.36. The molecule has 80 valence electrons. The molecular formula is C10H18N2S2. The maximum atomic E-state index is 4.57. The number of thiol groups is 1. The zero-order valence-electron chi connectivity index (χ0n) is 9.40. The molecule has 1 aromatic heterocycles. The van der Waals surface area contributed by atoms with Gasteiger partial charge in [0.15, 0.2) is 5.16 Å². The standard InChI is InChI=1S/C10H18N2S2/c1-7(2)12-6-8(10(3,4)5)11-9(12)14-13/h6-7,13H,1-5H3. The topological polar surface area (TPSA) is 17.8 Å². The molecule has 0 radical (unpaired) electrons. The summed E-state index contributed by atoms with van der Waals surface area (Å²) in [6.45, 7) is 10.8. The Bertz CT molecular complexity index is 310. The van der Waals surface area contributed by atoms with Crippen LogP contribution in [-0.4, -0.2) is 9.55 Å². The summed E-state index contributed by atoms with van der Waals surface area (Å²) in [4.78, 5) is 4.57. The third kappa shape index (κ3) is 2.48. The van der Waals surface area contributed by atoms with E-state index in [4.69, 9.17) is 0 Å². The van der Waals surface area contributed by atoms with E-state index in [0.29, 0.717) is 6.04 Å².